The summed E-state index contributed by atoms with van der Waals surface area (Å²) in [5.41, 5.74) is 0. The van der Waals surface area contributed by atoms with Crippen molar-refractivity contribution in [2.24, 2.45) is 0 Å². The van der Waals surface area contributed by atoms with Gasteiger partial charge in [-0.05, 0) is 31.7 Å². The molecule has 0 aliphatic carbocycles. The van der Waals surface area contributed by atoms with E-state index in [2.05, 4.69) is 20.6 Å². The zero-order valence-corrected chi connectivity index (χ0v) is 9.68. The number of nitrogens with one attached hydrogen (secondary N) is 2. The monoisotopic (exact) mass is 224 g/mol. The second kappa shape index (κ2) is 5.32. The molecule has 0 saturated carbocycles. The van der Waals surface area contributed by atoms with Crippen LogP contribution in [0.1, 0.15) is 12.8 Å². The van der Waals surface area contributed by atoms with E-state index in [4.69, 9.17) is 0 Å². The minimum atomic E-state index is 0.503. The molecule has 2 rings (SSSR count). The summed E-state index contributed by atoms with van der Waals surface area (Å²) in [4.78, 5) is 8.55. The van der Waals surface area contributed by atoms with Gasteiger partial charge in [-0.25, -0.2) is 9.97 Å². The van der Waals surface area contributed by atoms with Gasteiger partial charge < -0.3 is 10.6 Å². The van der Waals surface area contributed by atoms with Crippen LogP contribution in [0.5, 0.6) is 0 Å². The van der Waals surface area contributed by atoms with Gasteiger partial charge in [0.25, 0.3) is 0 Å². The molecule has 0 amide bonds. The van der Waals surface area contributed by atoms with Crippen molar-refractivity contribution in [3.05, 3.63) is 12.3 Å². The average molecular weight is 224 g/mol. The van der Waals surface area contributed by atoms with Crippen molar-refractivity contribution in [1.29, 1.82) is 0 Å². The number of hydrogen-bond acceptors (Lipinski definition) is 5. The van der Waals surface area contributed by atoms with Crippen molar-refractivity contribution in [3.8, 4) is 0 Å². The Morgan fingerprint density at radius 2 is 2.53 bits per heavy atom. The molecule has 1 aromatic heterocycles. The first-order chi connectivity index (χ1) is 7.38. The third-order valence-corrected chi connectivity index (χ3v) is 3.03. The van der Waals surface area contributed by atoms with Crippen molar-refractivity contribution in [2.75, 3.05) is 24.7 Å². The summed E-state index contributed by atoms with van der Waals surface area (Å²) in [5, 5.41) is 7.62. The summed E-state index contributed by atoms with van der Waals surface area (Å²) in [5.74, 6) is 0.933. The van der Waals surface area contributed by atoms with Crippen LogP contribution in [0, 0.1) is 0 Å². The largest absolute Gasteiger partial charge is 0.366 e. The summed E-state index contributed by atoms with van der Waals surface area (Å²) < 4.78 is 0. The van der Waals surface area contributed by atoms with Gasteiger partial charge in [0.15, 0.2) is 5.16 Å². The van der Waals surface area contributed by atoms with Gasteiger partial charge in [-0.2, -0.15) is 0 Å². The molecule has 1 unspecified atom stereocenters. The van der Waals surface area contributed by atoms with Crippen LogP contribution in [0.15, 0.2) is 17.4 Å². The Hall–Kier alpha value is -0.810. The predicted octanol–water partition coefficient (Wildman–Crippen LogP) is 1.36. The number of piperidine rings is 1. The van der Waals surface area contributed by atoms with E-state index in [1.807, 2.05) is 12.3 Å². The van der Waals surface area contributed by atoms with Gasteiger partial charge in [0.1, 0.15) is 5.82 Å². The highest BCUT2D eigenvalue weighted by Crippen LogP contribution is 2.13. The number of aromatic nitrogens is 2. The van der Waals surface area contributed by atoms with Gasteiger partial charge in [0.05, 0.1) is 0 Å². The number of hydrogen-bond donors (Lipinski definition) is 2. The summed E-state index contributed by atoms with van der Waals surface area (Å²) in [6, 6.07) is 2.43. The minimum absolute atomic E-state index is 0.503. The van der Waals surface area contributed by atoms with E-state index in [0.717, 1.165) is 24.1 Å². The molecule has 1 aliphatic heterocycles. The lowest BCUT2D eigenvalue weighted by Gasteiger charge is -2.24. The van der Waals surface area contributed by atoms with E-state index in [1.54, 1.807) is 18.0 Å². The maximum absolute atomic E-state index is 4.40. The molecule has 1 saturated heterocycles. The van der Waals surface area contributed by atoms with Gasteiger partial charge in [-0.15, -0.1) is 0 Å². The molecular weight excluding hydrogens is 208 g/mol. The molecule has 1 atom stereocenters. The van der Waals surface area contributed by atoms with E-state index in [-0.39, 0.29) is 0 Å². The van der Waals surface area contributed by atoms with Crippen molar-refractivity contribution in [3.63, 3.8) is 0 Å². The number of nitrogens with zero attached hydrogens (tertiary/aromatic N) is 2. The van der Waals surface area contributed by atoms with Gasteiger partial charge in [-0.3, -0.25) is 0 Å². The van der Waals surface area contributed by atoms with E-state index in [1.165, 1.54) is 12.8 Å². The maximum atomic E-state index is 4.40. The van der Waals surface area contributed by atoms with Crippen molar-refractivity contribution < 1.29 is 0 Å². The molecule has 0 radical (unpaired) electrons. The first-order valence-electron chi connectivity index (χ1n) is 5.23. The van der Waals surface area contributed by atoms with Crippen molar-refractivity contribution in [1.82, 2.24) is 15.3 Å². The zero-order valence-electron chi connectivity index (χ0n) is 8.86. The summed E-state index contributed by atoms with van der Waals surface area (Å²) >= 11 is 1.57. The highest BCUT2D eigenvalue weighted by Gasteiger charge is 2.12. The lowest BCUT2D eigenvalue weighted by Crippen LogP contribution is -2.38. The normalized spacial score (nSPS) is 21.3. The Bertz CT molecular complexity index is 312. The van der Waals surface area contributed by atoms with Gasteiger partial charge >= 0.3 is 0 Å². The molecule has 2 N–H and O–H groups in total. The Morgan fingerprint density at radius 3 is 3.27 bits per heavy atom. The smallest absolute Gasteiger partial charge is 0.189 e. The first kappa shape index (κ1) is 10.7. The second-order valence-corrected chi connectivity index (χ2v) is 4.39. The van der Waals surface area contributed by atoms with Crippen LogP contribution < -0.4 is 10.6 Å². The van der Waals surface area contributed by atoms with Gasteiger partial charge in [-0.1, -0.05) is 11.8 Å². The van der Waals surface area contributed by atoms with Crippen molar-refractivity contribution >= 4 is 17.6 Å². The molecule has 4 nitrogen and oxygen atoms in total. The fraction of sp³-hybridized carbons (Fsp3) is 0.600. The number of rotatable bonds is 3. The Morgan fingerprint density at radius 1 is 1.60 bits per heavy atom. The maximum Gasteiger partial charge on any atom is 0.189 e. The van der Waals surface area contributed by atoms with E-state index in [9.17, 15) is 0 Å². The van der Waals surface area contributed by atoms with E-state index >= 15 is 0 Å². The van der Waals surface area contributed by atoms with Gasteiger partial charge in [0, 0.05) is 18.8 Å². The fourth-order valence-electron chi connectivity index (χ4n) is 1.70. The van der Waals surface area contributed by atoms with Crippen LogP contribution in [0.2, 0.25) is 0 Å². The summed E-state index contributed by atoms with van der Waals surface area (Å²) in [6.45, 7) is 2.16. The predicted molar refractivity (Wildman–Crippen MR) is 63.3 cm³/mol. The van der Waals surface area contributed by atoms with E-state index in [0.29, 0.717) is 6.04 Å². The van der Waals surface area contributed by atoms with Crippen molar-refractivity contribution in [2.45, 2.75) is 24.0 Å². The van der Waals surface area contributed by atoms with Crippen LogP contribution >= 0.6 is 11.8 Å². The third kappa shape index (κ3) is 3.07. The van der Waals surface area contributed by atoms with Crippen LogP contribution in [0.3, 0.4) is 0 Å². The highest BCUT2D eigenvalue weighted by atomic mass is 32.2. The molecule has 82 valence electrons. The molecule has 0 spiro atoms. The molecular formula is C10H16N4S. The lowest BCUT2D eigenvalue weighted by atomic mass is 10.1. The molecule has 0 aromatic carbocycles. The molecule has 5 heteroatoms. The summed E-state index contributed by atoms with van der Waals surface area (Å²) in [7, 11) is 0. The number of anilines is 1. The average Bonchev–Trinajstić information content (AvgIpc) is 2.31. The highest BCUT2D eigenvalue weighted by molar-refractivity contribution is 7.98. The molecule has 1 aromatic rings. The molecule has 1 fully saturated rings. The first-order valence-corrected chi connectivity index (χ1v) is 6.45. The number of thioether (sulfide) groups is 1. The fourth-order valence-corrected chi connectivity index (χ4v) is 2.06. The second-order valence-electron chi connectivity index (χ2n) is 3.62. The summed E-state index contributed by atoms with van der Waals surface area (Å²) in [6.07, 6.45) is 6.24. The van der Waals surface area contributed by atoms with Crippen LogP contribution in [-0.4, -0.2) is 35.4 Å². The third-order valence-electron chi connectivity index (χ3n) is 2.46. The standard InChI is InChI=1S/C10H16N4S/c1-15-10-12-6-4-9(14-10)13-8-3-2-5-11-7-8/h4,6,8,11H,2-3,5,7H2,1H3,(H,12,13,14). The molecule has 0 bridgehead atoms. The van der Waals surface area contributed by atoms with Crippen LogP contribution in [0.25, 0.3) is 0 Å². The quantitative estimate of drug-likeness (QED) is 0.600. The zero-order chi connectivity index (χ0) is 10.5. The Balaban J connectivity index is 1.96. The SMILES string of the molecule is CSc1nccc(NC2CCCNC2)n1. The molecule has 15 heavy (non-hydrogen) atoms. The lowest BCUT2D eigenvalue weighted by molar-refractivity contribution is 0.478. The topological polar surface area (TPSA) is 49.8 Å². The van der Waals surface area contributed by atoms with Crippen LogP contribution in [-0.2, 0) is 0 Å². The minimum Gasteiger partial charge on any atom is -0.366 e. The molecule has 2 heterocycles. The van der Waals surface area contributed by atoms with Gasteiger partial charge in [0.2, 0.25) is 0 Å². The Labute approximate surface area is 94.3 Å². The molecule has 1 aliphatic rings. The van der Waals surface area contributed by atoms with Crippen LogP contribution in [0.4, 0.5) is 5.82 Å². The van der Waals surface area contributed by atoms with E-state index < -0.39 is 0 Å². The Kier molecular flexibility index (Phi) is 3.80.